The second-order valence-electron chi connectivity index (χ2n) is 11.8. The Balaban J connectivity index is 1.27. The minimum atomic E-state index is -0.00908. The van der Waals surface area contributed by atoms with Gasteiger partial charge in [-0.3, -0.25) is 0 Å². The number of rotatable bonds is 4. The van der Waals surface area contributed by atoms with Crippen molar-refractivity contribution < 1.29 is 0 Å². The van der Waals surface area contributed by atoms with Crippen LogP contribution in [0.25, 0.3) is 43.8 Å². The summed E-state index contributed by atoms with van der Waals surface area (Å²) in [6.45, 7) is 4.69. The molecule has 0 unspecified atom stereocenters. The monoisotopic (exact) mass is 537 g/mol. The number of hydrogen-bond donors (Lipinski definition) is 0. The molecule has 1 heteroatoms. The van der Waals surface area contributed by atoms with Crippen LogP contribution in [0, 0.1) is 0 Å². The van der Waals surface area contributed by atoms with Gasteiger partial charge in [0.1, 0.15) is 0 Å². The summed E-state index contributed by atoms with van der Waals surface area (Å²) in [7, 11) is 0. The first-order valence-electron chi connectivity index (χ1n) is 14.7. The molecule has 7 aromatic carbocycles. The minimum Gasteiger partial charge on any atom is -0.310 e. The molecule has 0 heterocycles. The van der Waals surface area contributed by atoms with E-state index in [1.165, 1.54) is 54.9 Å². The minimum absolute atomic E-state index is 0.00908. The molecular weight excluding hydrogens is 506 g/mol. The summed E-state index contributed by atoms with van der Waals surface area (Å²) in [6.07, 6.45) is 0. The first-order valence-corrected chi connectivity index (χ1v) is 14.7. The van der Waals surface area contributed by atoms with Crippen LogP contribution in [0.3, 0.4) is 0 Å². The van der Waals surface area contributed by atoms with Crippen LogP contribution < -0.4 is 4.90 Å². The van der Waals surface area contributed by atoms with E-state index in [-0.39, 0.29) is 5.41 Å². The molecule has 0 bridgehead atoms. The van der Waals surface area contributed by atoms with E-state index in [2.05, 4.69) is 170 Å². The summed E-state index contributed by atoms with van der Waals surface area (Å²) < 4.78 is 0. The Labute approximate surface area is 247 Å². The van der Waals surface area contributed by atoms with Crippen molar-refractivity contribution in [1.29, 1.82) is 0 Å². The molecule has 0 spiro atoms. The van der Waals surface area contributed by atoms with Gasteiger partial charge >= 0.3 is 0 Å². The van der Waals surface area contributed by atoms with Crippen LogP contribution in [0.4, 0.5) is 17.1 Å². The van der Waals surface area contributed by atoms with Crippen molar-refractivity contribution in [2.45, 2.75) is 19.3 Å². The maximum absolute atomic E-state index is 2.37. The number of nitrogens with zero attached hydrogens (tertiary/aromatic N) is 1. The van der Waals surface area contributed by atoms with Gasteiger partial charge in [-0.05, 0) is 91.3 Å². The average molecular weight is 538 g/mol. The van der Waals surface area contributed by atoms with E-state index in [4.69, 9.17) is 0 Å². The second-order valence-corrected chi connectivity index (χ2v) is 11.8. The fraction of sp³-hybridized carbons (Fsp3) is 0.0732. The first-order chi connectivity index (χ1) is 20.6. The van der Waals surface area contributed by atoms with Gasteiger partial charge < -0.3 is 4.90 Å². The highest BCUT2D eigenvalue weighted by atomic mass is 15.1. The lowest BCUT2D eigenvalue weighted by Gasteiger charge is -2.26. The number of fused-ring (bicyclic) bond motifs is 5. The molecule has 7 aromatic rings. The Morgan fingerprint density at radius 3 is 1.55 bits per heavy atom. The van der Waals surface area contributed by atoms with Gasteiger partial charge in [-0.25, -0.2) is 0 Å². The molecule has 8 rings (SSSR count). The zero-order chi connectivity index (χ0) is 28.3. The molecule has 200 valence electrons. The molecule has 0 saturated heterocycles. The van der Waals surface area contributed by atoms with Crippen LogP contribution in [0.15, 0.2) is 152 Å². The van der Waals surface area contributed by atoms with Crippen LogP contribution in [-0.2, 0) is 5.41 Å². The lowest BCUT2D eigenvalue weighted by Crippen LogP contribution is -2.14. The Kier molecular flexibility index (Phi) is 5.55. The molecule has 0 amide bonds. The third-order valence-electron chi connectivity index (χ3n) is 9.03. The summed E-state index contributed by atoms with van der Waals surface area (Å²) in [6, 6.07) is 55.4. The Bertz CT molecular complexity index is 2040. The molecule has 0 saturated carbocycles. The van der Waals surface area contributed by atoms with E-state index in [0.717, 1.165) is 17.1 Å². The molecule has 0 fully saturated rings. The number of benzene rings is 7. The van der Waals surface area contributed by atoms with Crippen molar-refractivity contribution >= 4 is 38.6 Å². The van der Waals surface area contributed by atoms with Gasteiger partial charge in [-0.2, -0.15) is 0 Å². The predicted octanol–water partition coefficient (Wildman–Crippen LogP) is 11.4. The van der Waals surface area contributed by atoms with Crippen molar-refractivity contribution in [3.63, 3.8) is 0 Å². The van der Waals surface area contributed by atoms with E-state index in [0.29, 0.717) is 0 Å². The van der Waals surface area contributed by atoms with E-state index < -0.39 is 0 Å². The smallest absolute Gasteiger partial charge is 0.0468 e. The van der Waals surface area contributed by atoms with E-state index >= 15 is 0 Å². The lowest BCUT2D eigenvalue weighted by atomic mass is 9.82. The maximum atomic E-state index is 2.37. The molecule has 1 aliphatic carbocycles. The summed E-state index contributed by atoms with van der Waals surface area (Å²) in [5, 5.41) is 4.96. The molecule has 0 atom stereocenters. The largest absolute Gasteiger partial charge is 0.310 e. The summed E-state index contributed by atoms with van der Waals surface area (Å²) in [5.74, 6) is 0. The van der Waals surface area contributed by atoms with Crippen LogP contribution in [0.5, 0.6) is 0 Å². The SMILES string of the molecule is CC1(C)c2ccccc2-c2c(-c3ccc(N(c4ccc5ccccc5c4)c4ccc5ccccc5c4)cc3)cccc21. The normalized spacial score (nSPS) is 13.2. The molecule has 0 aliphatic heterocycles. The van der Waals surface area contributed by atoms with E-state index in [1.807, 2.05) is 0 Å². The second kappa shape index (κ2) is 9.46. The highest BCUT2D eigenvalue weighted by Gasteiger charge is 2.36. The van der Waals surface area contributed by atoms with Crippen molar-refractivity contribution in [1.82, 2.24) is 0 Å². The van der Waals surface area contributed by atoms with Gasteiger partial charge in [-0.1, -0.05) is 129 Å². The highest BCUT2D eigenvalue weighted by Crippen LogP contribution is 2.52. The van der Waals surface area contributed by atoms with Crippen LogP contribution in [0.1, 0.15) is 25.0 Å². The standard InChI is InChI=1S/C41H31N/c1-41(2)38-16-8-7-14-37(38)40-36(15-9-17-39(40)41)30-20-22-33(23-21-30)42(34-24-18-28-10-3-5-12-31(28)26-34)35-25-19-29-11-4-6-13-32(29)27-35/h3-27H,1-2H3. The molecular formula is C41H31N. The van der Waals surface area contributed by atoms with Crippen LogP contribution in [-0.4, -0.2) is 0 Å². The van der Waals surface area contributed by atoms with E-state index in [1.54, 1.807) is 0 Å². The van der Waals surface area contributed by atoms with Gasteiger partial charge in [0.25, 0.3) is 0 Å². The van der Waals surface area contributed by atoms with Gasteiger partial charge in [-0.15, -0.1) is 0 Å². The fourth-order valence-electron chi connectivity index (χ4n) is 6.86. The predicted molar refractivity (Wildman–Crippen MR) is 179 cm³/mol. The lowest BCUT2D eigenvalue weighted by molar-refractivity contribution is 0.660. The summed E-state index contributed by atoms with van der Waals surface area (Å²) in [4.78, 5) is 2.37. The van der Waals surface area contributed by atoms with Gasteiger partial charge in [0, 0.05) is 22.5 Å². The highest BCUT2D eigenvalue weighted by molar-refractivity contribution is 5.95. The van der Waals surface area contributed by atoms with Crippen LogP contribution >= 0.6 is 0 Å². The van der Waals surface area contributed by atoms with Crippen molar-refractivity contribution in [3.05, 3.63) is 163 Å². The molecule has 1 nitrogen and oxygen atoms in total. The number of anilines is 3. The van der Waals surface area contributed by atoms with Crippen molar-refractivity contribution in [2.75, 3.05) is 4.90 Å². The Morgan fingerprint density at radius 1 is 0.405 bits per heavy atom. The molecule has 0 radical (unpaired) electrons. The number of hydrogen-bond acceptors (Lipinski definition) is 1. The summed E-state index contributed by atoms with van der Waals surface area (Å²) >= 11 is 0. The quantitative estimate of drug-likeness (QED) is 0.216. The van der Waals surface area contributed by atoms with Gasteiger partial charge in [0.05, 0.1) is 0 Å². The molecule has 1 aliphatic rings. The third kappa shape index (κ3) is 3.85. The molecule has 0 aromatic heterocycles. The van der Waals surface area contributed by atoms with Crippen LogP contribution in [0.2, 0.25) is 0 Å². The Morgan fingerprint density at radius 2 is 0.905 bits per heavy atom. The summed E-state index contributed by atoms with van der Waals surface area (Å²) in [5.41, 5.74) is 11.5. The first kappa shape index (κ1) is 24.6. The molecule has 0 N–H and O–H groups in total. The average Bonchev–Trinajstić information content (AvgIpc) is 3.28. The van der Waals surface area contributed by atoms with Crippen molar-refractivity contribution in [3.8, 4) is 22.3 Å². The van der Waals surface area contributed by atoms with E-state index in [9.17, 15) is 0 Å². The van der Waals surface area contributed by atoms with Gasteiger partial charge in [0.2, 0.25) is 0 Å². The van der Waals surface area contributed by atoms with Gasteiger partial charge in [0.15, 0.2) is 0 Å². The fourth-order valence-corrected chi connectivity index (χ4v) is 6.86. The zero-order valence-corrected chi connectivity index (χ0v) is 23.9. The zero-order valence-electron chi connectivity index (χ0n) is 23.9. The topological polar surface area (TPSA) is 3.24 Å². The maximum Gasteiger partial charge on any atom is 0.0468 e. The Hall–Kier alpha value is -5.14. The third-order valence-corrected chi connectivity index (χ3v) is 9.03. The van der Waals surface area contributed by atoms with Crippen molar-refractivity contribution in [2.24, 2.45) is 0 Å². The molecule has 42 heavy (non-hydrogen) atoms.